The van der Waals surface area contributed by atoms with Gasteiger partial charge in [0.25, 0.3) is 0 Å². The minimum Gasteiger partial charge on any atom is -0.360 e. The van der Waals surface area contributed by atoms with Gasteiger partial charge in [-0.05, 0) is 114 Å². The van der Waals surface area contributed by atoms with E-state index in [1.54, 1.807) is 12.1 Å². The standard InChI is InChI=1S/C40H36Cl4N8/c1-37(2)27-7-11-31(49-27)39(5,35-45-23-15-19(41)20(42)16-24(23)46-35)33-13-9-29(51-33)38(3,4)30-10-14-34(52-30)40(6,32-12-8-28(37)50-32)36-47-25-17-21(43)22(44)18-26(25)48-36/h7-18,49-52H,1-6H3,(H,45,46)(H,47,48). The monoisotopic (exact) mass is 768 g/mol. The van der Waals surface area contributed by atoms with Gasteiger partial charge in [-0.15, -0.1) is 0 Å². The van der Waals surface area contributed by atoms with Crippen LogP contribution in [-0.4, -0.2) is 39.9 Å². The Labute approximate surface area is 320 Å². The molecular weight excluding hydrogens is 734 g/mol. The van der Waals surface area contributed by atoms with Crippen molar-refractivity contribution in [1.82, 2.24) is 39.9 Å². The third-order valence-electron chi connectivity index (χ3n) is 11.6. The molecule has 0 radical (unpaired) electrons. The van der Waals surface area contributed by atoms with E-state index in [4.69, 9.17) is 56.4 Å². The van der Waals surface area contributed by atoms with E-state index in [1.165, 1.54) is 0 Å². The van der Waals surface area contributed by atoms with Crippen LogP contribution in [0.2, 0.25) is 20.1 Å². The average Bonchev–Trinajstić information content (AvgIpc) is 3.95. The molecule has 6 N–H and O–H groups in total. The maximum Gasteiger partial charge on any atom is 0.125 e. The summed E-state index contributed by atoms with van der Waals surface area (Å²) in [5.74, 6) is 1.51. The number of halogens is 4. The zero-order valence-corrected chi connectivity index (χ0v) is 32.4. The third-order valence-corrected chi connectivity index (χ3v) is 13.0. The molecule has 9 rings (SSSR count). The van der Waals surface area contributed by atoms with E-state index < -0.39 is 21.7 Å². The van der Waals surface area contributed by atoms with Crippen LogP contribution < -0.4 is 0 Å². The first-order chi connectivity index (χ1) is 24.6. The van der Waals surface area contributed by atoms with Gasteiger partial charge in [-0.25, -0.2) is 9.97 Å². The summed E-state index contributed by atoms with van der Waals surface area (Å²) in [5, 5.41) is 1.87. The molecule has 0 amide bonds. The summed E-state index contributed by atoms with van der Waals surface area (Å²) in [6.45, 7) is 13.2. The van der Waals surface area contributed by atoms with E-state index >= 15 is 0 Å². The molecule has 0 saturated heterocycles. The molecule has 7 heterocycles. The fourth-order valence-corrected chi connectivity index (χ4v) is 8.42. The van der Waals surface area contributed by atoms with E-state index in [-0.39, 0.29) is 0 Å². The molecule has 1 aliphatic heterocycles. The molecule has 12 heteroatoms. The molecule has 2 aromatic carbocycles. The highest BCUT2D eigenvalue weighted by molar-refractivity contribution is 6.43. The van der Waals surface area contributed by atoms with Crippen molar-refractivity contribution in [2.75, 3.05) is 0 Å². The molecule has 6 aromatic heterocycles. The Bertz CT molecular complexity index is 2340. The number of nitrogens with zero attached hydrogens (tertiary/aromatic N) is 2. The lowest BCUT2D eigenvalue weighted by Gasteiger charge is -2.30. The normalized spacial score (nSPS) is 21.0. The SMILES string of the molecule is CC1(C)c2ccc([nH]2)C(C)(c2nc3cc(Cl)c(Cl)cc3[nH]2)c2ccc([nH]2)C(C)(C)c2ccc([nH]2)C(C)(c2nc3cc(Cl)c(Cl)cc3[nH]2)c2ccc1[nH]2. The van der Waals surface area contributed by atoms with Gasteiger partial charge in [0, 0.05) is 56.4 Å². The number of H-pyrrole nitrogens is 6. The molecule has 0 unspecified atom stereocenters. The average molecular weight is 771 g/mol. The second-order valence-corrected chi connectivity index (χ2v) is 17.0. The van der Waals surface area contributed by atoms with Crippen LogP contribution in [0, 0.1) is 0 Å². The Kier molecular flexibility index (Phi) is 7.14. The lowest BCUT2D eigenvalue weighted by Crippen LogP contribution is -2.31. The first kappa shape index (κ1) is 33.5. The molecule has 0 atom stereocenters. The van der Waals surface area contributed by atoms with Crippen molar-refractivity contribution < 1.29 is 0 Å². The van der Waals surface area contributed by atoms with Crippen LogP contribution >= 0.6 is 46.4 Å². The maximum absolute atomic E-state index is 6.43. The summed E-state index contributed by atoms with van der Waals surface area (Å²) < 4.78 is 0. The van der Waals surface area contributed by atoms with Crippen LogP contribution in [0.15, 0.2) is 72.8 Å². The highest BCUT2D eigenvalue weighted by Crippen LogP contribution is 2.45. The van der Waals surface area contributed by atoms with Gasteiger partial charge >= 0.3 is 0 Å². The molecule has 8 nitrogen and oxygen atoms in total. The number of rotatable bonds is 2. The van der Waals surface area contributed by atoms with Crippen molar-refractivity contribution >= 4 is 68.5 Å². The summed E-state index contributed by atoms with van der Waals surface area (Å²) in [6.07, 6.45) is 0. The number of fused-ring (bicyclic) bond motifs is 10. The second-order valence-electron chi connectivity index (χ2n) is 15.4. The molecule has 52 heavy (non-hydrogen) atoms. The van der Waals surface area contributed by atoms with Gasteiger partial charge in [-0.2, -0.15) is 0 Å². The van der Waals surface area contributed by atoms with Crippen molar-refractivity contribution in [3.63, 3.8) is 0 Å². The van der Waals surface area contributed by atoms with Crippen molar-refractivity contribution in [1.29, 1.82) is 0 Å². The Morgan fingerprint density at radius 1 is 0.385 bits per heavy atom. The predicted octanol–water partition coefficient (Wildman–Crippen LogP) is 11.0. The number of benzene rings is 2. The maximum atomic E-state index is 6.43. The fourth-order valence-electron chi connectivity index (χ4n) is 7.78. The molecule has 8 aromatic rings. The van der Waals surface area contributed by atoms with Crippen LogP contribution in [0.3, 0.4) is 0 Å². The molecule has 264 valence electrons. The van der Waals surface area contributed by atoms with Crippen molar-refractivity contribution in [3.05, 3.63) is 150 Å². The molecule has 8 bridgehead atoms. The van der Waals surface area contributed by atoms with Gasteiger partial charge in [0.2, 0.25) is 0 Å². The van der Waals surface area contributed by atoms with Crippen LogP contribution in [0.4, 0.5) is 0 Å². The van der Waals surface area contributed by atoms with Crippen LogP contribution in [0.5, 0.6) is 0 Å². The minimum atomic E-state index is -0.731. The smallest absolute Gasteiger partial charge is 0.125 e. The molecule has 1 aliphatic rings. The zero-order chi connectivity index (χ0) is 36.5. The van der Waals surface area contributed by atoms with Crippen molar-refractivity contribution in [2.45, 2.75) is 63.2 Å². The number of aromatic amines is 6. The highest BCUT2D eigenvalue weighted by Gasteiger charge is 2.43. The predicted molar refractivity (Wildman–Crippen MR) is 211 cm³/mol. The molecule has 0 saturated carbocycles. The second kappa shape index (κ2) is 11.1. The summed E-state index contributed by atoms with van der Waals surface area (Å²) in [5.41, 5.74) is 8.84. The summed E-state index contributed by atoms with van der Waals surface area (Å²) in [4.78, 5) is 32.7. The topological polar surface area (TPSA) is 121 Å². The van der Waals surface area contributed by atoms with Gasteiger partial charge in [-0.1, -0.05) is 46.4 Å². The Balaban J connectivity index is 1.28. The minimum absolute atomic E-state index is 0.441. The summed E-state index contributed by atoms with van der Waals surface area (Å²) >= 11 is 25.7. The molecule has 0 spiro atoms. The zero-order valence-electron chi connectivity index (χ0n) is 29.3. The highest BCUT2D eigenvalue weighted by atomic mass is 35.5. The first-order valence-corrected chi connectivity index (χ1v) is 18.6. The van der Waals surface area contributed by atoms with Crippen LogP contribution in [0.1, 0.15) is 98.7 Å². The Morgan fingerprint density at radius 3 is 0.962 bits per heavy atom. The number of hydrogen-bond acceptors (Lipinski definition) is 2. The van der Waals surface area contributed by atoms with E-state index in [9.17, 15) is 0 Å². The van der Waals surface area contributed by atoms with E-state index in [1.807, 2.05) is 12.1 Å². The van der Waals surface area contributed by atoms with Gasteiger partial charge in [-0.3, -0.25) is 0 Å². The van der Waals surface area contributed by atoms with E-state index in [2.05, 4.69) is 120 Å². The van der Waals surface area contributed by atoms with Crippen molar-refractivity contribution in [3.8, 4) is 0 Å². The van der Waals surface area contributed by atoms with Crippen molar-refractivity contribution in [2.24, 2.45) is 0 Å². The fraction of sp³-hybridized carbons (Fsp3) is 0.250. The Morgan fingerprint density at radius 2 is 0.654 bits per heavy atom. The van der Waals surface area contributed by atoms with E-state index in [0.29, 0.717) is 20.1 Å². The summed E-state index contributed by atoms with van der Waals surface area (Å²) in [6, 6.07) is 24.6. The number of nitrogens with one attached hydrogen (secondary N) is 6. The lowest BCUT2D eigenvalue weighted by molar-refractivity contribution is 0.551. The first-order valence-electron chi connectivity index (χ1n) is 17.1. The quantitative estimate of drug-likeness (QED) is 0.105. The third kappa shape index (κ3) is 4.67. The van der Waals surface area contributed by atoms with Gasteiger partial charge < -0.3 is 29.9 Å². The molecule has 0 fully saturated rings. The lowest BCUT2D eigenvalue weighted by atomic mass is 9.82. The van der Waals surface area contributed by atoms with Crippen LogP contribution in [-0.2, 0) is 21.7 Å². The van der Waals surface area contributed by atoms with E-state index in [0.717, 1.165) is 79.3 Å². The molecular formula is C40H36Cl4N8. The molecule has 0 aliphatic carbocycles. The summed E-state index contributed by atoms with van der Waals surface area (Å²) in [7, 11) is 0. The number of imidazole rings is 2. The number of aromatic nitrogens is 8. The van der Waals surface area contributed by atoms with Gasteiger partial charge in [0.15, 0.2) is 0 Å². The van der Waals surface area contributed by atoms with Gasteiger partial charge in [0.1, 0.15) is 22.5 Å². The largest absolute Gasteiger partial charge is 0.360 e. The van der Waals surface area contributed by atoms with Gasteiger partial charge in [0.05, 0.1) is 42.2 Å². The number of hydrogen-bond donors (Lipinski definition) is 6. The van der Waals surface area contributed by atoms with Crippen LogP contribution in [0.25, 0.3) is 22.1 Å². The Hall–Kier alpha value is -4.34.